The Kier molecular flexibility index (Phi) is 5.72. The van der Waals surface area contributed by atoms with Gasteiger partial charge >= 0.3 is 6.16 Å². The first-order valence-corrected chi connectivity index (χ1v) is 12.1. The predicted octanol–water partition coefficient (Wildman–Crippen LogP) is 6.34. The SMILES string of the molecule is CC(=O)C1CC[C@H]2[C@@H]3CC[C@H]4C[C@H](OC(=O)OC(C)Cl)CCC4(C)[C@H]3CC[C@]12C. The van der Waals surface area contributed by atoms with Crippen molar-refractivity contribution in [2.24, 2.45) is 40.4 Å². The fourth-order valence-electron chi connectivity index (χ4n) is 8.29. The van der Waals surface area contributed by atoms with Gasteiger partial charge in [-0.15, -0.1) is 0 Å². The van der Waals surface area contributed by atoms with Crippen LogP contribution in [0.15, 0.2) is 0 Å². The molecule has 5 heteroatoms. The molecule has 4 aliphatic rings. The van der Waals surface area contributed by atoms with Crippen LogP contribution >= 0.6 is 11.6 Å². The number of carbonyl (C=O) groups excluding carboxylic acids is 2. The van der Waals surface area contributed by atoms with Crippen molar-refractivity contribution in [3.05, 3.63) is 0 Å². The number of ether oxygens (including phenoxy) is 2. The molecule has 0 amide bonds. The molecule has 3 unspecified atom stereocenters. The second-order valence-electron chi connectivity index (χ2n) is 10.9. The number of carbonyl (C=O) groups is 2. The Morgan fingerprint density at radius 1 is 0.966 bits per heavy atom. The van der Waals surface area contributed by atoms with Crippen molar-refractivity contribution in [1.29, 1.82) is 0 Å². The lowest BCUT2D eigenvalue weighted by molar-refractivity contribution is -0.140. The minimum absolute atomic E-state index is 0.0463. The zero-order valence-corrected chi connectivity index (χ0v) is 19.2. The third-order valence-corrected chi connectivity index (χ3v) is 9.72. The summed E-state index contributed by atoms with van der Waals surface area (Å²) >= 11 is 5.74. The molecule has 0 aromatic carbocycles. The van der Waals surface area contributed by atoms with Crippen molar-refractivity contribution in [3.63, 3.8) is 0 Å². The molecule has 0 spiro atoms. The normalized spacial score (nSPS) is 47.3. The van der Waals surface area contributed by atoms with Gasteiger partial charge in [-0.3, -0.25) is 4.79 Å². The smallest absolute Gasteiger partial charge is 0.431 e. The molecule has 4 nitrogen and oxygen atoms in total. The fraction of sp³-hybridized carbons (Fsp3) is 0.917. The van der Waals surface area contributed by atoms with E-state index in [9.17, 15) is 9.59 Å². The van der Waals surface area contributed by atoms with Gasteiger partial charge in [0, 0.05) is 5.92 Å². The first-order valence-electron chi connectivity index (χ1n) is 11.7. The van der Waals surface area contributed by atoms with Gasteiger partial charge in [-0.1, -0.05) is 25.4 Å². The molecule has 4 fully saturated rings. The number of hydrogen-bond acceptors (Lipinski definition) is 4. The van der Waals surface area contributed by atoms with E-state index >= 15 is 0 Å². The molecule has 0 aliphatic heterocycles. The van der Waals surface area contributed by atoms with Crippen molar-refractivity contribution in [3.8, 4) is 0 Å². The summed E-state index contributed by atoms with van der Waals surface area (Å²) in [7, 11) is 0. The summed E-state index contributed by atoms with van der Waals surface area (Å²) in [6.45, 7) is 8.35. The summed E-state index contributed by atoms with van der Waals surface area (Å²) in [4.78, 5) is 24.2. The summed E-state index contributed by atoms with van der Waals surface area (Å²) in [6, 6.07) is 0. The van der Waals surface area contributed by atoms with Gasteiger partial charge in [-0.2, -0.15) is 0 Å². The van der Waals surface area contributed by atoms with Crippen molar-refractivity contribution < 1.29 is 19.1 Å². The van der Waals surface area contributed by atoms with Crippen LogP contribution in [0.4, 0.5) is 4.79 Å². The summed E-state index contributed by atoms with van der Waals surface area (Å²) in [5, 5.41) is 0. The predicted molar refractivity (Wildman–Crippen MR) is 113 cm³/mol. The van der Waals surface area contributed by atoms with Gasteiger partial charge in [0.2, 0.25) is 0 Å². The van der Waals surface area contributed by atoms with E-state index < -0.39 is 11.7 Å². The summed E-state index contributed by atoms with van der Waals surface area (Å²) in [5.74, 6) is 3.52. The van der Waals surface area contributed by atoms with Gasteiger partial charge in [0.25, 0.3) is 0 Å². The molecular formula is C24H37ClO4. The van der Waals surface area contributed by atoms with Crippen LogP contribution in [0, 0.1) is 40.4 Å². The van der Waals surface area contributed by atoms with Crippen LogP contribution in [-0.4, -0.2) is 23.6 Å². The largest absolute Gasteiger partial charge is 0.510 e. The summed E-state index contributed by atoms with van der Waals surface area (Å²) in [5.41, 5.74) is -0.103. The van der Waals surface area contributed by atoms with E-state index in [0.717, 1.165) is 37.5 Å². The lowest BCUT2D eigenvalue weighted by atomic mass is 9.44. The van der Waals surface area contributed by atoms with E-state index in [1.165, 1.54) is 32.1 Å². The number of fused-ring (bicyclic) bond motifs is 5. The summed E-state index contributed by atoms with van der Waals surface area (Å²) < 4.78 is 10.5. The molecule has 4 rings (SSSR count). The molecular weight excluding hydrogens is 388 g/mol. The molecule has 4 saturated carbocycles. The second-order valence-corrected chi connectivity index (χ2v) is 11.5. The number of Topliss-reactive ketones (excluding diaryl/α,β-unsaturated/α-hetero) is 1. The third-order valence-electron chi connectivity index (χ3n) is 9.63. The topological polar surface area (TPSA) is 52.6 Å². The number of alkyl halides is 1. The van der Waals surface area contributed by atoms with Gasteiger partial charge in [-0.05, 0) is 106 Å². The molecule has 0 N–H and O–H groups in total. The molecule has 0 radical (unpaired) electrons. The molecule has 0 aromatic rings. The minimum atomic E-state index is -0.659. The maximum atomic E-state index is 12.3. The Labute approximate surface area is 180 Å². The van der Waals surface area contributed by atoms with Crippen LogP contribution < -0.4 is 0 Å². The monoisotopic (exact) mass is 424 g/mol. The van der Waals surface area contributed by atoms with Gasteiger partial charge in [-0.25, -0.2) is 4.79 Å². The molecule has 4 aliphatic carbocycles. The van der Waals surface area contributed by atoms with E-state index in [1.807, 2.05) is 0 Å². The Morgan fingerprint density at radius 2 is 1.66 bits per heavy atom. The molecule has 29 heavy (non-hydrogen) atoms. The quantitative estimate of drug-likeness (QED) is 0.391. The second kappa shape index (κ2) is 7.73. The maximum Gasteiger partial charge on any atom is 0.510 e. The molecule has 9 atom stereocenters. The zero-order chi connectivity index (χ0) is 21.0. The van der Waals surface area contributed by atoms with E-state index in [4.69, 9.17) is 21.1 Å². The summed E-state index contributed by atoms with van der Waals surface area (Å²) in [6.07, 6.45) is 9.57. The Balaban J connectivity index is 1.45. The first-order chi connectivity index (χ1) is 13.6. The highest BCUT2D eigenvalue weighted by atomic mass is 35.5. The van der Waals surface area contributed by atoms with Gasteiger partial charge < -0.3 is 9.47 Å². The van der Waals surface area contributed by atoms with Crippen LogP contribution in [0.2, 0.25) is 0 Å². The molecule has 0 heterocycles. The van der Waals surface area contributed by atoms with Crippen molar-refractivity contribution in [2.45, 2.75) is 97.1 Å². The number of halogens is 1. The number of rotatable bonds is 3. The highest BCUT2D eigenvalue weighted by Gasteiger charge is 2.60. The Bertz CT molecular complexity index is 663. The average molecular weight is 425 g/mol. The molecule has 0 bridgehead atoms. The minimum Gasteiger partial charge on any atom is -0.431 e. The van der Waals surface area contributed by atoms with Gasteiger partial charge in [0.15, 0.2) is 5.56 Å². The van der Waals surface area contributed by atoms with Crippen molar-refractivity contribution >= 4 is 23.5 Å². The van der Waals surface area contributed by atoms with Gasteiger partial charge in [0.05, 0.1) is 0 Å². The van der Waals surface area contributed by atoms with Crippen molar-refractivity contribution in [2.75, 3.05) is 0 Å². The Morgan fingerprint density at radius 3 is 2.34 bits per heavy atom. The van der Waals surface area contributed by atoms with Crippen LogP contribution in [-0.2, 0) is 14.3 Å². The van der Waals surface area contributed by atoms with Crippen LogP contribution in [0.5, 0.6) is 0 Å². The third kappa shape index (κ3) is 3.62. The fourth-order valence-corrected chi connectivity index (χ4v) is 8.36. The molecule has 164 valence electrons. The van der Waals surface area contributed by atoms with Gasteiger partial charge in [0.1, 0.15) is 11.9 Å². The standard InChI is InChI=1S/C24H37ClO4/c1-14(26)19-7-8-20-18-6-5-16-13-17(29-22(27)28-15(2)25)9-11-23(16,3)21(18)10-12-24(19,20)4/h15-21H,5-13H2,1-4H3/t15?,16-,17+,18-,19?,20-,21-,23?,24+/m0/s1. The maximum absolute atomic E-state index is 12.3. The average Bonchev–Trinajstić information content (AvgIpc) is 2.98. The zero-order valence-electron chi connectivity index (χ0n) is 18.4. The van der Waals surface area contributed by atoms with E-state index in [-0.39, 0.29) is 17.4 Å². The Hall–Kier alpha value is -0.770. The number of ketones is 1. The molecule has 0 saturated heterocycles. The lowest BCUT2D eigenvalue weighted by Gasteiger charge is -2.61. The lowest BCUT2D eigenvalue weighted by Crippen LogP contribution is -2.54. The van der Waals surface area contributed by atoms with E-state index in [0.29, 0.717) is 23.0 Å². The highest BCUT2D eigenvalue weighted by molar-refractivity contribution is 6.19. The molecule has 0 aromatic heterocycles. The van der Waals surface area contributed by atoms with Crippen LogP contribution in [0.1, 0.15) is 85.5 Å². The van der Waals surface area contributed by atoms with Crippen molar-refractivity contribution in [1.82, 2.24) is 0 Å². The number of hydrogen-bond donors (Lipinski definition) is 0. The van der Waals surface area contributed by atoms with Crippen LogP contribution in [0.25, 0.3) is 0 Å². The first kappa shape index (κ1) is 21.5. The van der Waals surface area contributed by atoms with E-state index in [2.05, 4.69) is 13.8 Å². The van der Waals surface area contributed by atoms with E-state index in [1.54, 1.807) is 13.8 Å². The van der Waals surface area contributed by atoms with Crippen LogP contribution in [0.3, 0.4) is 0 Å². The highest BCUT2D eigenvalue weighted by Crippen LogP contribution is 2.67.